The van der Waals surface area contributed by atoms with Crippen molar-refractivity contribution in [1.29, 1.82) is 0 Å². The zero-order chi connectivity index (χ0) is 20.0. The van der Waals surface area contributed by atoms with Crippen LogP contribution in [-0.4, -0.2) is 9.55 Å². The lowest BCUT2D eigenvalue weighted by atomic mass is 9.94. The number of hydrogen-bond acceptors (Lipinski definition) is 4. The van der Waals surface area contributed by atoms with Crippen LogP contribution in [-0.2, 0) is 0 Å². The molecule has 0 saturated heterocycles. The van der Waals surface area contributed by atoms with Gasteiger partial charge in [-0.25, -0.2) is 4.98 Å². The molecule has 0 amide bonds. The number of benzene rings is 2. The van der Waals surface area contributed by atoms with E-state index in [1.807, 2.05) is 54.0 Å². The van der Waals surface area contributed by atoms with Crippen molar-refractivity contribution in [3.63, 3.8) is 0 Å². The highest BCUT2D eigenvalue weighted by atomic mass is 32.1. The summed E-state index contributed by atoms with van der Waals surface area (Å²) in [6, 6.07) is 15.6. The van der Waals surface area contributed by atoms with Crippen LogP contribution in [0.25, 0.3) is 31.7 Å². The Morgan fingerprint density at radius 3 is 2.48 bits per heavy atom. The van der Waals surface area contributed by atoms with Gasteiger partial charge in [-0.2, -0.15) is 0 Å². The molecule has 0 aliphatic heterocycles. The summed E-state index contributed by atoms with van der Waals surface area (Å²) < 4.78 is 2.69. The van der Waals surface area contributed by atoms with Crippen molar-refractivity contribution in [2.24, 2.45) is 0 Å². The molecule has 0 unspecified atom stereocenters. The summed E-state index contributed by atoms with van der Waals surface area (Å²) in [6.07, 6.45) is 5.32. The second-order valence-electron chi connectivity index (χ2n) is 7.82. The van der Waals surface area contributed by atoms with Crippen LogP contribution < -0.4 is 11.0 Å². The Labute approximate surface area is 172 Å². The van der Waals surface area contributed by atoms with E-state index >= 15 is 0 Å². The molecular weight excluding hydrogens is 380 g/mol. The molecule has 5 heteroatoms. The molecule has 0 N–H and O–H groups in total. The second kappa shape index (κ2) is 7.23. The predicted octanol–water partition coefficient (Wildman–Crippen LogP) is 5.45. The fourth-order valence-electron chi connectivity index (χ4n) is 4.46. The first-order valence-electron chi connectivity index (χ1n) is 10.2. The van der Waals surface area contributed by atoms with Crippen molar-refractivity contribution < 1.29 is 0 Å². The maximum atomic E-state index is 13.7. The van der Waals surface area contributed by atoms with Crippen LogP contribution in [0.15, 0.2) is 58.1 Å². The Morgan fingerprint density at radius 1 is 0.966 bits per heavy atom. The van der Waals surface area contributed by atoms with E-state index in [2.05, 4.69) is 0 Å². The molecule has 4 aromatic rings. The molecule has 1 aliphatic carbocycles. The van der Waals surface area contributed by atoms with E-state index in [1.165, 1.54) is 17.8 Å². The maximum absolute atomic E-state index is 13.7. The Balaban J connectivity index is 1.91. The smallest absolute Gasteiger partial charge is 0.266 e. The van der Waals surface area contributed by atoms with Gasteiger partial charge in [-0.15, -0.1) is 11.3 Å². The third-order valence-electron chi connectivity index (χ3n) is 5.97. The molecule has 1 fully saturated rings. The summed E-state index contributed by atoms with van der Waals surface area (Å²) in [6.45, 7) is 2.04. The van der Waals surface area contributed by atoms with E-state index in [1.54, 1.807) is 6.07 Å². The van der Waals surface area contributed by atoms with Gasteiger partial charge >= 0.3 is 0 Å². The van der Waals surface area contributed by atoms with Crippen LogP contribution in [0.4, 0.5) is 0 Å². The van der Waals surface area contributed by atoms with Crippen molar-refractivity contribution in [2.45, 2.75) is 45.1 Å². The first-order chi connectivity index (χ1) is 14.1. The van der Waals surface area contributed by atoms with Crippen molar-refractivity contribution in [3.05, 3.63) is 74.7 Å². The Bertz CT molecular complexity index is 1350. The quantitative estimate of drug-likeness (QED) is 0.419. The summed E-state index contributed by atoms with van der Waals surface area (Å²) in [5.41, 5.74) is 1.65. The molecule has 2 aromatic carbocycles. The van der Waals surface area contributed by atoms with E-state index < -0.39 is 0 Å². The minimum absolute atomic E-state index is 0.0960. The molecule has 1 saturated carbocycles. The summed E-state index contributed by atoms with van der Waals surface area (Å²) in [7, 11) is 0. The van der Waals surface area contributed by atoms with Crippen LogP contribution in [0.3, 0.4) is 0 Å². The largest absolute Gasteiger partial charge is 0.289 e. The fourth-order valence-corrected chi connectivity index (χ4v) is 5.50. The summed E-state index contributed by atoms with van der Waals surface area (Å²) in [5.74, 6) is 0.693. The van der Waals surface area contributed by atoms with Gasteiger partial charge < -0.3 is 0 Å². The van der Waals surface area contributed by atoms with Gasteiger partial charge in [0.1, 0.15) is 16.0 Å². The summed E-state index contributed by atoms with van der Waals surface area (Å²) >= 11 is 1.43. The monoisotopic (exact) mass is 402 g/mol. The molecule has 2 aromatic heterocycles. The number of nitrogens with zero attached hydrogens (tertiary/aromatic N) is 2. The molecule has 29 heavy (non-hydrogen) atoms. The van der Waals surface area contributed by atoms with Gasteiger partial charge in [0.2, 0.25) is 5.43 Å². The Hall–Kier alpha value is -2.79. The van der Waals surface area contributed by atoms with Gasteiger partial charge in [0.05, 0.1) is 0 Å². The van der Waals surface area contributed by atoms with Crippen LogP contribution in [0, 0.1) is 6.92 Å². The molecule has 5 rings (SSSR count). The molecule has 1 aliphatic rings. The molecule has 0 radical (unpaired) electrons. The summed E-state index contributed by atoms with van der Waals surface area (Å²) in [4.78, 5) is 32.4. The third-order valence-corrected chi connectivity index (χ3v) is 7.04. The number of rotatable bonds is 2. The lowest BCUT2D eigenvalue weighted by Gasteiger charge is -2.26. The van der Waals surface area contributed by atoms with Gasteiger partial charge in [-0.1, -0.05) is 55.7 Å². The second-order valence-corrected chi connectivity index (χ2v) is 8.86. The van der Waals surface area contributed by atoms with E-state index in [0.29, 0.717) is 16.0 Å². The fraction of sp³-hybridized carbons (Fsp3) is 0.292. The standard InChI is InChI=1S/C24H22N2O2S/c1-15-9-5-6-12-17(15)22-25-23-20(21(27)18-13-7-8-14-19(18)29-23)24(28)26(22)16-10-3-2-4-11-16/h5-9,12-14,16H,2-4,10-11H2,1H3. The SMILES string of the molecule is Cc1ccccc1-c1nc2sc3ccccc3c(=O)c2c(=O)n1C1CCCCC1. The van der Waals surface area contributed by atoms with Crippen molar-refractivity contribution >= 4 is 31.6 Å². The molecular formula is C24H22N2O2S. The number of aromatic nitrogens is 2. The molecule has 0 atom stereocenters. The molecule has 2 heterocycles. The topological polar surface area (TPSA) is 52.0 Å². The van der Waals surface area contributed by atoms with Crippen LogP contribution >= 0.6 is 11.3 Å². The normalized spacial score (nSPS) is 15.2. The minimum atomic E-state index is -0.201. The zero-order valence-corrected chi connectivity index (χ0v) is 17.2. The molecule has 146 valence electrons. The van der Waals surface area contributed by atoms with Crippen LogP contribution in [0.5, 0.6) is 0 Å². The molecule has 0 bridgehead atoms. The molecule has 0 spiro atoms. The molecule has 4 nitrogen and oxygen atoms in total. The van der Waals surface area contributed by atoms with E-state index in [-0.39, 0.29) is 22.4 Å². The third kappa shape index (κ3) is 3.01. The minimum Gasteiger partial charge on any atom is -0.289 e. The Kier molecular flexibility index (Phi) is 4.55. The number of aryl methyl sites for hydroxylation is 1. The average Bonchev–Trinajstić information content (AvgIpc) is 2.74. The number of fused-ring (bicyclic) bond motifs is 2. The highest BCUT2D eigenvalue weighted by Gasteiger charge is 2.24. The lowest BCUT2D eigenvalue weighted by Crippen LogP contribution is -2.31. The van der Waals surface area contributed by atoms with Gasteiger partial charge in [-0.05, 0) is 37.5 Å². The van der Waals surface area contributed by atoms with Crippen LogP contribution in [0.1, 0.15) is 43.7 Å². The lowest BCUT2D eigenvalue weighted by molar-refractivity contribution is 0.348. The first-order valence-corrected chi connectivity index (χ1v) is 11.0. The highest BCUT2D eigenvalue weighted by molar-refractivity contribution is 7.24. The van der Waals surface area contributed by atoms with Crippen LogP contribution in [0.2, 0.25) is 0 Å². The first kappa shape index (κ1) is 18.3. The van der Waals surface area contributed by atoms with Crippen molar-refractivity contribution in [3.8, 4) is 11.4 Å². The van der Waals surface area contributed by atoms with Crippen molar-refractivity contribution in [2.75, 3.05) is 0 Å². The highest BCUT2D eigenvalue weighted by Crippen LogP contribution is 2.33. The average molecular weight is 403 g/mol. The van der Waals surface area contributed by atoms with E-state index in [9.17, 15) is 9.59 Å². The Morgan fingerprint density at radius 2 is 1.69 bits per heavy atom. The van der Waals surface area contributed by atoms with Gasteiger partial charge in [0.25, 0.3) is 5.56 Å². The maximum Gasteiger partial charge on any atom is 0.266 e. The van der Waals surface area contributed by atoms with Crippen molar-refractivity contribution in [1.82, 2.24) is 9.55 Å². The van der Waals surface area contributed by atoms with E-state index in [4.69, 9.17) is 4.98 Å². The van der Waals surface area contributed by atoms with Gasteiger partial charge in [0.15, 0.2) is 0 Å². The zero-order valence-electron chi connectivity index (χ0n) is 16.4. The number of hydrogen-bond donors (Lipinski definition) is 0. The van der Waals surface area contributed by atoms with Gasteiger partial charge in [-0.3, -0.25) is 14.2 Å². The van der Waals surface area contributed by atoms with Gasteiger partial charge in [0, 0.05) is 21.7 Å². The summed E-state index contributed by atoms with van der Waals surface area (Å²) in [5, 5.41) is 0.833. The predicted molar refractivity (Wildman–Crippen MR) is 120 cm³/mol. The van der Waals surface area contributed by atoms with E-state index in [0.717, 1.165) is 41.5 Å².